The first-order valence-electron chi connectivity index (χ1n) is 9.80. The first-order chi connectivity index (χ1) is 14.5. The number of ether oxygens (including phenoxy) is 1. The van der Waals surface area contributed by atoms with Crippen LogP contribution in [0.4, 0.5) is 11.4 Å². The summed E-state index contributed by atoms with van der Waals surface area (Å²) in [6.07, 6.45) is 0.911. The van der Waals surface area contributed by atoms with E-state index in [1.807, 2.05) is 29.3 Å². The molecule has 3 fully saturated rings. The molecule has 3 aliphatic heterocycles. The third kappa shape index (κ3) is 2.62. The number of imide groups is 1. The van der Waals surface area contributed by atoms with E-state index in [9.17, 15) is 19.7 Å². The molecule has 3 atom stereocenters. The summed E-state index contributed by atoms with van der Waals surface area (Å²) in [5, 5.41) is 15.3. The number of fused-ring (bicyclic) bond motifs is 3. The van der Waals surface area contributed by atoms with Gasteiger partial charge in [-0.15, -0.1) is 0 Å². The number of hydrogen-bond donors (Lipinski definition) is 0. The molecule has 0 aliphatic carbocycles. The number of rotatable bonds is 4. The van der Waals surface area contributed by atoms with Crippen LogP contribution >= 0.6 is 0 Å². The minimum atomic E-state index is -0.591. The average Bonchev–Trinajstić information content (AvgIpc) is 3.40. The molecule has 0 radical (unpaired) electrons. The number of non-ortho nitro benzene ring substituents is 1. The summed E-state index contributed by atoms with van der Waals surface area (Å²) in [6.45, 7) is 1.48. The van der Waals surface area contributed by atoms with Crippen molar-refractivity contribution in [3.05, 3.63) is 64.2 Å². The van der Waals surface area contributed by atoms with Gasteiger partial charge >= 0.3 is 0 Å². The van der Waals surface area contributed by atoms with E-state index in [4.69, 9.17) is 4.74 Å². The molecule has 154 valence electrons. The lowest BCUT2D eigenvalue weighted by atomic mass is 9.90. The summed E-state index contributed by atoms with van der Waals surface area (Å²) in [6, 6.07) is 12.4. The predicted octanol–water partition coefficient (Wildman–Crippen LogP) is 2.14. The maximum absolute atomic E-state index is 13.5. The van der Waals surface area contributed by atoms with Gasteiger partial charge in [0, 0.05) is 25.2 Å². The number of hydrogen-bond acceptors (Lipinski definition) is 7. The Morgan fingerprint density at radius 2 is 1.70 bits per heavy atom. The van der Waals surface area contributed by atoms with Crippen molar-refractivity contribution in [2.45, 2.75) is 18.5 Å². The molecule has 2 amide bonds. The molecule has 3 heterocycles. The van der Waals surface area contributed by atoms with Crippen molar-refractivity contribution in [2.75, 3.05) is 25.1 Å². The lowest BCUT2D eigenvalue weighted by molar-refractivity contribution is -0.384. The average molecular weight is 408 g/mol. The highest BCUT2D eigenvalue weighted by Crippen LogP contribution is 2.49. The molecule has 0 bridgehead atoms. The van der Waals surface area contributed by atoms with E-state index < -0.39 is 16.9 Å². The van der Waals surface area contributed by atoms with Gasteiger partial charge in [0.2, 0.25) is 5.91 Å². The van der Waals surface area contributed by atoms with Gasteiger partial charge in [0.05, 0.1) is 29.7 Å². The van der Waals surface area contributed by atoms with Crippen molar-refractivity contribution in [1.29, 1.82) is 0 Å². The van der Waals surface area contributed by atoms with Gasteiger partial charge in [-0.3, -0.25) is 19.7 Å². The second-order valence-corrected chi connectivity index (χ2v) is 7.66. The fraction of sp³-hybridized carbons (Fsp3) is 0.333. The number of benzene rings is 2. The van der Waals surface area contributed by atoms with Crippen LogP contribution in [0.1, 0.15) is 18.0 Å². The maximum atomic E-state index is 13.5. The van der Waals surface area contributed by atoms with Crippen LogP contribution in [0.15, 0.2) is 48.5 Å². The molecular formula is C21H20N4O5. The third-order valence-electron chi connectivity index (χ3n) is 6.16. The van der Waals surface area contributed by atoms with E-state index in [0.717, 1.165) is 29.2 Å². The topological polar surface area (TPSA) is 96.2 Å². The molecule has 5 rings (SSSR count). The Morgan fingerprint density at radius 1 is 1.00 bits per heavy atom. The summed E-state index contributed by atoms with van der Waals surface area (Å²) < 4.78 is 5.24. The number of anilines is 1. The molecule has 0 aromatic heterocycles. The minimum Gasteiger partial charge on any atom is -0.497 e. The number of amides is 2. The predicted molar refractivity (Wildman–Crippen MR) is 107 cm³/mol. The van der Waals surface area contributed by atoms with Crippen molar-refractivity contribution in [1.82, 2.24) is 10.0 Å². The zero-order chi connectivity index (χ0) is 21.0. The molecule has 9 heteroatoms. The maximum Gasteiger partial charge on any atom is 0.271 e. The quantitative estimate of drug-likeness (QED) is 0.434. The summed E-state index contributed by atoms with van der Waals surface area (Å²) in [5.74, 6) is -0.488. The second-order valence-electron chi connectivity index (χ2n) is 7.66. The van der Waals surface area contributed by atoms with Crippen molar-refractivity contribution < 1.29 is 19.2 Å². The van der Waals surface area contributed by atoms with E-state index >= 15 is 0 Å². The van der Waals surface area contributed by atoms with Crippen LogP contribution in [0.3, 0.4) is 0 Å². The lowest BCUT2D eigenvalue weighted by Crippen LogP contribution is -2.44. The second kappa shape index (κ2) is 6.89. The zero-order valence-electron chi connectivity index (χ0n) is 16.3. The molecule has 0 saturated carbocycles. The first kappa shape index (κ1) is 18.7. The smallest absolute Gasteiger partial charge is 0.271 e. The van der Waals surface area contributed by atoms with E-state index in [-0.39, 0.29) is 29.2 Å². The monoisotopic (exact) mass is 408 g/mol. The minimum absolute atomic E-state index is 0.153. The van der Waals surface area contributed by atoms with Crippen molar-refractivity contribution in [3.63, 3.8) is 0 Å². The fourth-order valence-corrected chi connectivity index (χ4v) is 4.91. The standard InChI is InChI=1S/C21H20N4O5/c1-30-16-8-6-13(7-9-16)18-17-19(23-11-3-10-22(18)23)21(27)24(20(17)26)14-4-2-5-15(12-14)25(28)29/h2,4-9,12,17-19H,3,10-11H2,1H3/t17-,18-,19+/m1/s1. The van der Waals surface area contributed by atoms with Gasteiger partial charge in [-0.2, -0.15) is 0 Å². The molecule has 3 aliphatic rings. The van der Waals surface area contributed by atoms with Crippen LogP contribution in [-0.4, -0.2) is 53.0 Å². The SMILES string of the molecule is COc1ccc([C@@H]2[C@H]3C(=O)N(c4cccc([N+](=O)[O-])c4)C(=O)[C@H]3N3CCCN23)cc1. The largest absolute Gasteiger partial charge is 0.497 e. The number of carbonyl (C=O) groups excluding carboxylic acids is 2. The fourth-order valence-electron chi connectivity index (χ4n) is 4.91. The van der Waals surface area contributed by atoms with Gasteiger partial charge in [0.1, 0.15) is 11.8 Å². The third-order valence-corrected chi connectivity index (χ3v) is 6.16. The molecule has 3 saturated heterocycles. The van der Waals surface area contributed by atoms with Gasteiger partial charge in [-0.25, -0.2) is 14.9 Å². The van der Waals surface area contributed by atoms with Gasteiger partial charge in [0.25, 0.3) is 11.6 Å². The van der Waals surface area contributed by atoms with E-state index in [2.05, 4.69) is 5.01 Å². The van der Waals surface area contributed by atoms with E-state index in [0.29, 0.717) is 6.54 Å². The Bertz CT molecular complexity index is 1040. The van der Waals surface area contributed by atoms with Crippen LogP contribution in [0.2, 0.25) is 0 Å². The molecule has 2 aromatic rings. The van der Waals surface area contributed by atoms with Gasteiger partial charge < -0.3 is 4.74 Å². The Morgan fingerprint density at radius 3 is 2.37 bits per heavy atom. The highest BCUT2D eigenvalue weighted by molar-refractivity contribution is 6.24. The van der Waals surface area contributed by atoms with Crippen LogP contribution < -0.4 is 9.64 Å². The van der Waals surface area contributed by atoms with Crippen molar-refractivity contribution in [2.24, 2.45) is 5.92 Å². The van der Waals surface area contributed by atoms with Gasteiger partial charge in [-0.1, -0.05) is 18.2 Å². The number of nitro benzene ring substituents is 1. The highest BCUT2D eigenvalue weighted by atomic mass is 16.6. The molecular weight excluding hydrogens is 388 g/mol. The van der Waals surface area contributed by atoms with Gasteiger partial charge in [0.15, 0.2) is 0 Å². The molecule has 0 spiro atoms. The van der Waals surface area contributed by atoms with Crippen molar-refractivity contribution in [3.8, 4) is 5.75 Å². The lowest BCUT2D eigenvalue weighted by Gasteiger charge is -2.29. The normalized spacial score (nSPS) is 26.2. The summed E-state index contributed by atoms with van der Waals surface area (Å²) in [7, 11) is 1.60. The number of carbonyl (C=O) groups is 2. The molecule has 9 nitrogen and oxygen atoms in total. The van der Waals surface area contributed by atoms with E-state index in [1.165, 1.54) is 18.2 Å². The Hall–Kier alpha value is -3.30. The Balaban J connectivity index is 1.55. The van der Waals surface area contributed by atoms with Crippen LogP contribution in [-0.2, 0) is 9.59 Å². The molecule has 0 unspecified atom stereocenters. The van der Waals surface area contributed by atoms with Gasteiger partial charge in [-0.05, 0) is 30.2 Å². The number of nitrogens with zero attached hydrogens (tertiary/aromatic N) is 4. The highest BCUT2D eigenvalue weighted by Gasteiger charge is 2.62. The first-order valence-corrected chi connectivity index (χ1v) is 9.80. The number of hydrazine groups is 1. The Kier molecular flexibility index (Phi) is 4.30. The summed E-state index contributed by atoms with van der Waals surface area (Å²) in [4.78, 5) is 38.6. The van der Waals surface area contributed by atoms with E-state index in [1.54, 1.807) is 13.2 Å². The molecule has 30 heavy (non-hydrogen) atoms. The number of methoxy groups -OCH3 is 1. The van der Waals surface area contributed by atoms with Crippen LogP contribution in [0.5, 0.6) is 5.75 Å². The van der Waals surface area contributed by atoms with Crippen LogP contribution in [0, 0.1) is 16.0 Å². The summed E-state index contributed by atoms with van der Waals surface area (Å²) in [5.41, 5.74) is 1.03. The molecule has 0 N–H and O–H groups in total. The zero-order valence-corrected chi connectivity index (χ0v) is 16.3. The van der Waals surface area contributed by atoms with Crippen molar-refractivity contribution >= 4 is 23.2 Å². The van der Waals surface area contributed by atoms with Crippen LogP contribution in [0.25, 0.3) is 0 Å². The molecule has 2 aromatic carbocycles. The summed E-state index contributed by atoms with van der Waals surface area (Å²) >= 11 is 0. The number of nitro groups is 1. The Labute approximate surface area is 172 Å².